The number of pyridine rings is 1. The number of anilines is 1. The van der Waals surface area contributed by atoms with Crippen molar-refractivity contribution in [3.05, 3.63) is 24.0 Å². The molecule has 2 rings (SSSR count). The standard InChI is InChI=1S/C11H16N4O/c12-8-2-1-3-9(8)15-7-4-5-14-10(6-7)11(13)16/h4-6,8-9H,1-3,12H2,(H2,13,16)(H,14,15). The number of carbonyl (C=O) groups is 1. The van der Waals surface area contributed by atoms with E-state index < -0.39 is 5.91 Å². The van der Waals surface area contributed by atoms with Crippen LogP contribution in [0.15, 0.2) is 18.3 Å². The molecule has 1 amide bonds. The molecule has 5 N–H and O–H groups in total. The number of hydrogen-bond acceptors (Lipinski definition) is 4. The van der Waals surface area contributed by atoms with E-state index in [9.17, 15) is 4.79 Å². The highest BCUT2D eigenvalue weighted by Crippen LogP contribution is 2.21. The number of amides is 1. The third-order valence-electron chi connectivity index (χ3n) is 2.93. The van der Waals surface area contributed by atoms with Crippen molar-refractivity contribution in [1.29, 1.82) is 0 Å². The topological polar surface area (TPSA) is 94.0 Å². The molecule has 1 fully saturated rings. The molecule has 0 aromatic carbocycles. The molecule has 1 aromatic heterocycles. The average Bonchev–Trinajstić information content (AvgIpc) is 2.65. The second-order valence-electron chi connectivity index (χ2n) is 4.14. The van der Waals surface area contributed by atoms with Gasteiger partial charge in [0.15, 0.2) is 0 Å². The van der Waals surface area contributed by atoms with Crippen LogP contribution in [0.5, 0.6) is 0 Å². The maximum atomic E-state index is 11.0. The number of primary amides is 1. The summed E-state index contributed by atoms with van der Waals surface area (Å²) < 4.78 is 0. The van der Waals surface area contributed by atoms with Crippen LogP contribution in [0, 0.1) is 0 Å². The van der Waals surface area contributed by atoms with Crippen molar-refractivity contribution in [3.8, 4) is 0 Å². The highest BCUT2D eigenvalue weighted by molar-refractivity contribution is 5.91. The summed E-state index contributed by atoms with van der Waals surface area (Å²) in [5.41, 5.74) is 12.2. The molecule has 0 saturated heterocycles. The lowest BCUT2D eigenvalue weighted by molar-refractivity contribution is 0.0995. The molecule has 0 spiro atoms. The summed E-state index contributed by atoms with van der Waals surface area (Å²) in [4.78, 5) is 14.8. The Morgan fingerprint density at radius 2 is 2.31 bits per heavy atom. The van der Waals surface area contributed by atoms with Crippen LogP contribution in [0.4, 0.5) is 5.69 Å². The van der Waals surface area contributed by atoms with Crippen molar-refractivity contribution in [2.45, 2.75) is 31.3 Å². The van der Waals surface area contributed by atoms with E-state index in [1.54, 1.807) is 12.3 Å². The molecule has 0 bridgehead atoms. The van der Waals surface area contributed by atoms with Gasteiger partial charge in [-0.2, -0.15) is 0 Å². The van der Waals surface area contributed by atoms with Crippen molar-refractivity contribution in [2.75, 3.05) is 5.32 Å². The van der Waals surface area contributed by atoms with Gasteiger partial charge in [-0.25, -0.2) is 0 Å². The molecule has 1 heterocycles. The summed E-state index contributed by atoms with van der Waals surface area (Å²) >= 11 is 0. The van der Waals surface area contributed by atoms with Gasteiger partial charge in [-0.1, -0.05) is 0 Å². The van der Waals surface area contributed by atoms with Crippen LogP contribution >= 0.6 is 0 Å². The van der Waals surface area contributed by atoms with Crippen molar-refractivity contribution >= 4 is 11.6 Å². The zero-order valence-corrected chi connectivity index (χ0v) is 9.02. The smallest absolute Gasteiger partial charge is 0.267 e. The lowest BCUT2D eigenvalue weighted by atomic mass is 10.2. The number of carbonyl (C=O) groups excluding carboxylic acids is 1. The van der Waals surface area contributed by atoms with Crippen molar-refractivity contribution in [1.82, 2.24) is 4.98 Å². The van der Waals surface area contributed by atoms with E-state index in [2.05, 4.69) is 10.3 Å². The summed E-state index contributed by atoms with van der Waals surface area (Å²) in [6, 6.07) is 3.94. The Morgan fingerprint density at radius 1 is 1.50 bits per heavy atom. The van der Waals surface area contributed by atoms with Gasteiger partial charge < -0.3 is 16.8 Å². The van der Waals surface area contributed by atoms with Gasteiger partial charge in [0.25, 0.3) is 5.91 Å². The number of hydrogen-bond donors (Lipinski definition) is 3. The first-order chi connectivity index (χ1) is 7.66. The molecule has 5 heteroatoms. The van der Waals surface area contributed by atoms with E-state index in [0.29, 0.717) is 0 Å². The monoisotopic (exact) mass is 220 g/mol. The summed E-state index contributed by atoms with van der Waals surface area (Å²) in [6.07, 6.45) is 4.83. The van der Waals surface area contributed by atoms with Gasteiger partial charge in [0.1, 0.15) is 5.69 Å². The summed E-state index contributed by atoms with van der Waals surface area (Å²) in [5.74, 6) is -0.514. The fraction of sp³-hybridized carbons (Fsp3) is 0.455. The molecule has 2 atom stereocenters. The minimum absolute atomic E-state index is 0.185. The lowest BCUT2D eigenvalue weighted by Gasteiger charge is -2.18. The first-order valence-electron chi connectivity index (χ1n) is 5.45. The number of nitrogens with zero attached hydrogens (tertiary/aromatic N) is 1. The maximum Gasteiger partial charge on any atom is 0.267 e. The van der Waals surface area contributed by atoms with Gasteiger partial charge >= 0.3 is 0 Å². The summed E-state index contributed by atoms with van der Waals surface area (Å²) in [5, 5.41) is 3.31. The number of aromatic nitrogens is 1. The second-order valence-corrected chi connectivity index (χ2v) is 4.14. The minimum atomic E-state index is -0.514. The Labute approximate surface area is 94.2 Å². The van der Waals surface area contributed by atoms with Crippen molar-refractivity contribution in [2.24, 2.45) is 11.5 Å². The van der Waals surface area contributed by atoms with Crippen LogP contribution < -0.4 is 16.8 Å². The Morgan fingerprint density at radius 3 is 2.94 bits per heavy atom. The Hall–Kier alpha value is -1.62. The molecule has 1 aliphatic rings. The van der Waals surface area contributed by atoms with E-state index in [4.69, 9.17) is 11.5 Å². The van der Waals surface area contributed by atoms with Gasteiger partial charge in [0.05, 0.1) is 0 Å². The van der Waals surface area contributed by atoms with Crippen LogP contribution in [0.3, 0.4) is 0 Å². The van der Waals surface area contributed by atoms with Gasteiger partial charge in [0, 0.05) is 24.0 Å². The Balaban J connectivity index is 2.09. The van der Waals surface area contributed by atoms with Gasteiger partial charge in [0.2, 0.25) is 0 Å². The van der Waals surface area contributed by atoms with Crippen LogP contribution in [-0.4, -0.2) is 23.0 Å². The van der Waals surface area contributed by atoms with E-state index >= 15 is 0 Å². The summed E-state index contributed by atoms with van der Waals surface area (Å²) in [6.45, 7) is 0. The molecule has 1 aliphatic carbocycles. The zero-order valence-electron chi connectivity index (χ0n) is 9.02. The Kier molecular flexibility index (Phi) is 3.05. The van der Waals surface area contributed by atoms with E-state index in [0.717, 1.165) is 24.9 Å². The van der Waals surface area contributed by atoms with Gasteiger partial charge in [-0.05, 0) is 31.4 Å². The third-order valence-corrected chi connectivity index (χ3v) is 2.93. The zero-order chi connectivity index (χ0) is 11.5. The van der Waals surface area contributed by atoms with Crippen LogP contribution in [-0.2, 0) is 0 Å². The predicted molar refractivity (Wildman–Crippen MR) is 62.0 cm³/mol. The van der Waals surface area contributed by atoms with E-state index in [-0.39, 0.29) is 17.8 Å². The normalized spacial score (nSPS) is 24.3. The average molecular weight is 220 g/mol. The summed E-state index contributed by atoms with van der Waals surface area (Å²) in [7, 11) is 0. The molecule has 0 aliphatic heterocycles. The number of rotatable bonds is 3. The maximum absolute atomic E-state index is 11.0. The molecule has 2 unspecified atom stereocenters. The fourth-order valence-corrected chi connectivity index (χ4v) is 2.04. The molecule has 1 saturated carbocycles. The molecule has 16 heavy (non-hydrogen) atoms. The highest BCUT2D eigenvalue weighted by Gasteiger charge is 2.23. The highest BCUT2D eigenvalue weighted by atomic mass is 16.1. The second kappa shape index (κ2) is 4.49. The quantitative estimate of drug-likeness (QED) is 0.690. The number of nitrogens with one attached hydrogen (secondary N) is 1. The molecule has 0 radical (unpaired) electrons. The molecular weight excluding hydrogens is 204 g/mol. The van der Waals surface area contributed by atoms with Crippen molar-refractivity contribution < 1.29 is 4.79 Å². The van der Waals surface area contributed by atoms with E-state index in [1.165, 1.54) is 0 Å². The third kappa shape index (κ3) is 2.30. The lowest BCUT2D eigenvalue weighted by Crippen LogP contribution is -2.35. The molecule has 5 nitrogen and oxygen atoms in total. The molecular formula is C11H16N4O. The van der Waals surface area contributed by atoms with Gasteiger partial charge in [-0.15, -0.1) is 0 Å². The van der Waals surface area contributed by atoms with Crippen LogP contribution in [0.2, 0.25) is 0 Å². The Bertz CT molecular complexity index is 393. The number of nitrogens with two attached hydrogens (primary N) is 2. The first-order valence-corrected chi connectivity index (χ1v) is 5.45. The first kappa shape index (κ1) is 10.9. The van der Waals surface area contributed by atoms with E-state index in [1.807, 2.05) is 6.07 Å². The minimum Gasteiger partial charge on any atom is -0.381 e. The van der Waals surface area contributed by atoms with Crippen LogP contribution in [0.25, 0.3) is 0 Å². The van der Waals surface area contributed by atoms with Crippen LogP contribution in [0.1, 0.15) is 29.8 Å². The predicted octanol–water partition coefficient (Wildman–Crippen LogP) is 0.472. The fourth-order valence-electron chi connectivity index (χ4n) is 2.04. The largest absolute Gasteiger partial charge is 0.381 e. The molecule has 1 aromatic rings. The van der Waals surface area contributed by atoms with Crippen molar-refractivity contribution in [3.63, 3.8) is 0 Å². The van der Waals surface area contributed by atoms with Gasteiger partial charge in [-0.3, -0.25) is 9.78 Å². The SMILES string of the molecule is NC(=O)c1cc(NC2CCCC2N)ccn1. The molecule has 86 valence electrons.